The van der Waals surface area contributed by atoms with Gasteiger partial charge < -0.3 is 10.2 Å². The Bertz CT molecular complexity index is 402. The van der Waals surface area contributed by atoms with Crippen molar-refractivity contribution in [1.29, 1.82) is 0 Å². The molecule has 1 N–H and O–H groups in total. The van der Waals surface area contributed by atoms with Crippen LogP contribution in [0.1, 0.15) is 58.1 Å². The molecule has 0 saturated carbocycles. The molecule has 2 rings (SSSR count). The summed E-state index contributed by atoms with van der Waals surface area (Å²) >= 11 is 0. The van der Waals surface area contributed by atoms with Gasteiger partial charge in [0.1, 0.15) is 0 Å². The summed E-state index contributed by atoms with van der Waals surface area (Å²) in [4.78, 5) is 2.61. The van der Waals surface area contributed by atoms with Crippen LogP contribution in [0.5, 0.6) is 0 Å². The number of hydrogen-bond donors (Lipinski definition) is 1. The number of nitrogens with zero attached hydrogens (tertiary/aromatic N) is 1. The lowest BCUT2D eigenvalue weighted by atomic mass is 9.94. The zero-order valence-electron chi connectivity index (χ0n) is 13.4. The summed E-state index contributed by atoms with van der Waals surface area (Å²) in [5.74, 6) is 0.871. The molecule has 20 heavy (non-hydrogen) atoms. The zero-order chi connectivity index (χ0) is 14.4. The molecule has 2 atom stereocenters. The van der Waals surface area contributed by atoms with Crippen LogP contribution in [0.4, 0.5) is 5.69 Å². The Kier molecular flexibility index (Phi) is 5.90. The van der Waals surface area contributed by atoms with E-state index in [-0.39, 0.29) is 0 Å². The molecule has 1 saturated heterocycles. The summed E-state index contributed by atoms with van der Waals surface area (Å²) in [6.07, 6.45) is 5.23. The molecule has 1 aliphatic rings. The van der Waals surface area contributed by atoms with Crippen molar-refractivity contribution in [2.24, 2.45) is 5.92 Å². The number of anilines is 1. The first kappa shape index (κ1) is 15.4. The normalized spacial score (nSPS) is 20.9. The van der Waals surface area contributed by atoms with Crippen molar-refractivity contribution in [3.05, 3.63) is 29.8 Å². The molecule has 112 valence electrons. The molecule has 0 aliphatic carbocycles. The van der Waals surface area contributed by atoms with Crippen molar-refractivity contribution < 1.29 is 0 Å². The van der Waals surface area contributed by atoms with Crippen molar-refractivity contribution >= 4 is 5.69 Å². The molecule has 1 aromatic rings. The van der Waals surface area contributed by atoms with Gasteiger partial charge >= 0.3 is 0 Å². The zero-order valence-corrected chi connectivity index (χ0v) is 13.4. The highest BCUT2D eigenvalue weighted by atomic mass is 15.1. The Hall–Kier alpha value is -1.02. The molecule has 0 bridgehead atoms. The van der Waals surface area contributed by atoms with Crippen molar-refractivity contribution in [3.8, 4) is 0 Å². The van der Waals surface area contributed by atoms with Crippen LogP contribution < -0.4 is 10.2 Å². The number of para-hydroxylation sites is 1. The highest BCUT2D eigenvalue weighted by Crippen LogP contribution is 2.30. The van der Waals surface area contributed by atoms with E-state index in [9.17, 15) is 0 Å². The summed E-state index contributed by atoms with van der Waals surface area (Å²) in [6, 6.07) is 9.38. The quantitative estimate of drug-likeness (QED) is 0.828. The van der Waals surface area contributed by atoms with E-state index < -0.39 is 0 Å². The van der Waals surface area contributed by atoms with Gasteiger partial charge in [-0.2, -0.15) is 0 Å². The third-order valence-electron chi connectivity index (χ3n) is 4.54. The maximum Gasteiger partial charge on any atom is 0.0414 e. The fraction of sp³-hybridized carbons (Fsp3) is 0.667. The van der Waals surface area contributed by atoms with Gasteiger partial charge in [0.25, 0.3) is 0 Å². The van der Waals surface area contributed by atoms with Crippen LogP contribution in [0.3, 0.4) is 0 Å². The van der Waals surface area contributed by atoms with Crippen molar-refractivity contribution in [2.75, 3.05) is 24.5 Å². The van der Waals surface area contributed by atoms with E-state index in [2.05, 4.69) is 55.3 Å². The standard InChI is InChI=1S/C18H30N2/c1-4-12-19-15(3)17-10-6-7-11-18(17)20-13-8-9-16(5-2)14-20/h6-7,10-11,15-16,19H,4-5,8-9,12-14H2,1-3H3. The molecule has 0 radical (unpaired) electrons. The first-order valence-electron chi connectivity index (χ1n) is 8.33. The van der Waals surface area contributed by atoms with Gasteiger partial charge in [0, 0.05) is 24.8 Å². The first-order chi connectivity index (χ1) is 9.76. The SMILES string of the molecule is CCCNC(C)c1ccccc1N1CCCC(CC)C1. The van der Waals surface area contributed by atoms with Crippen LogP contribution >= 0.6 is 0 Å². The number of nitrogens with one attached hydrogen (secondary N) is 1. The second kappa shape index (κ2) is 7.68. The van der Waals surface area contributed by atoms with E-state index in [0.29, 0.717) is 6.04 Å². The lowest BCUT2D eigenvalue weighted by Crippen LogP contribution is -2.36. The van der Waals surface area contributed by atoms with Crippen LogP contribution in [-0.2, 0) is 0 Å². The molecule has 1 fully saturated rings. The summed E-state index contributed by atoms with van der Waals surface area (Å²) in [5, 5.41) is 3.63. The average Bonchev–Trinajstić information content (AvgIpc) is 2.52. The van der Waals surface area contributed by atoms with E-state index in [4.69, 9.17) is 0 Å². The first-order valence-corrected chi connectivity index (χ1v) is 8.33. The third kappa shape index (κ3) is 3.76. The van der Waals surface area contributed by atoms with E-state index in [1.54, 1.807) is 0 Å². The number of piperidine rings is 1. The summed E-state index contributed by atoms with van der Waals surface area (Å²) in [5.41, 5.74) is 2.90. The molecular weight excluding hydrogens is 244 g/mol. The van der Waals surface area contributed by atoms with Gasteiger partial charge in [0.15, 0.2) is 0 Å². The molecule has 0 amide bonds. The Morgan fingerprint density at radius 1 is 1.30 bits per heavy atom. The molecule has 2 unspecified atom stereocenters. The lowest BCUT2D eigenvalue weighted by molar-refractivity contribution is 0.403. The molecule has 1 aromatic carbocycles. The van der Waals surface area contributed by atoms with Gasteiger partial charge in [0.2, 0.25) is 0 Å². The van der Waals surface area contributed by atoms with Crippen LogP contribution in [0.15, 0.2) is 24.3 Å². The van der Waals surface area contributed by atoms with Crippen molar-refractivity contribution in [1.82, 2.24) is 5.32 Å². The van der Waals surface area contributed by atoms with Crippen LogP contribution in [0.2, 0.25) is 0 Å². The second-order valence-electron chi connectivity index (χ2n) is 6.10. The summed E-state index contributed by atoms with van der Waals surface area (Å²) in [7, 11) is 0. The van der Waals surface area contributed by atoms with Gasteiger partial charge in [0.05, 0.1) is 0 Å². The van der Waals surface area contributed by atoms with Gasteiger partial charge in [-0.25, -0.2) is 0 Å². The molecular formula is C18H30N2. The predicted molar refractivity (Wildman–Crippen MR) is 88.4 cm³/mol. The van der Waals surface area contributed by atoms with Crippen molar-refractivity contribution in [3.63, 3.8) is 0 Å². The largest absolute Gasteiger partial charge is 0.371 e. The smallest absolute Gasteiger partial charge is 0.0414 e. The topological polar surface area (TPSA) is 15.3 Å². The molecule has 0 aromatic heterocycles. The van der Waals surface area contributed by atoms with Gasteiger partial charge in [-0.05, 0) is 50.3 Å². The Morgan fingerprint density at radius 2 is 2.10 bits per heavy atom. The van der Waals surface area contributed by atoms with E-state index in [1.165, 1.54) is 50.0 Å². The second-order valence-corrected chi connectivity index (χ2v) is 6.10. The minimum absolute atomic E-state index is 0.438. The molecule has 1 heterocycles. The van der Waals surface area contributed by atoms with Crippen LogP contribution in [-0.4, -0.2) is 19.6 Å². The highest BCUT2D eigenvalue weighted by molar-refractivity contribution is 5.55. The van der Waals surface area contributed by atoms with Crippen LogP contribution in [0.25, 0.3) is 0 Å². The number of benzene rings is 1. The fourth-order valence-corrected chi connectivity index (χ4v) is 3.23. The number of hydrogen-bond acceptors (Lipinski definition) is 2. The van der Waals surface area contributed by atoms with Gasteiger partial charge in [-0.3, -0.25) is 0 Å². The minimum Gasteiger partial charge on any atom is -0.371 e. The Balaban J connectivity index is 2.14. The molecule has 1 aliphatic heterocycles. The minimum atomic E-state index is 0.438. The molecule has 2 heteroatoms. The molecule has 2 nitrogen and oxygen atoms in total. The predicted octanol–water partition coefficient (Wildman–Crippen LogP) is 4.37. The fourth-order valence-electron chi connectivity index (χ4n) is 3.23. The van der Waals surface area contributed by atoms with Crippen LogP contribution in [0, 0.1) is 5.92 Å². The van der Waals surface area contributed by atoms with Gasteiger partial charge in [-0.15, -0.1) is 0 Å². The maximum atomic E-state index is 3.63. The Labute approximate surface area is 124 Å². The van der Waals surface area contributed by atoms with Gasteiger partial charge in [-0.1, -0.05) is 38.5 Å². The lowest BCUT2D eigenvalue weighted by Gasteiger charge is -2.36. The van der Waals surface area contributed by atoms with E-state index >= 15 is 0 Å². The average molecular weight is 274 g/mol. The van der Waals surface area contributed by atoms with E-state index in [0.717, 1.165) is 12.5 Å². The summed E-state index contributed by atoms with van der Waals surface area (Å²) in [6.45, 7) is 10.4. The van der Waals surface area contributed by atoms with E-state index in [1.807, 2.05) is 0 Å². The van der Waals surface area contributed by atoms with Crippen molar-refractivity contribution in [2.45, 2.75) is 52.5 Å². The summed E-state index contributed by atoms with van der Waals surface area (Å²) < 4.78 is 0. The maximum absolute atomic E-state index is 3.63. The Morgan fingerprint density at radius 3 is 2.85 bits per heavy atom. The monoisotopic (exact) mass is 274 g/mol. The molecule has 0 spiro atoms. The third-order valence-corrected chi connectivity index (χ3v) is 4.54. The highest BCUT2D eigenvalue weighted by Gasteiger charge is 2.21. The number of rotatable bonds is 6.